The average molecular weight is 333 g/mol. The maximum absolute atomic E-state index is 13.3. The Balaban J connectivity index is 1.58. The van der Waals surface area contributed by atoms with Crippen molar-refractivity contribution in [3.05, 3.63) is 35.6 Å². The number of hydrogen-bond acceptors (Lipinski definition) is 3. The van der Waals surface area contributed by atoms with E-state index in [0.29, 0.717) is 13.1 Å². The number of likely N-dealkylation sites (tertiary alicyclic amines) is 2. The summed E-state index contributed by atoms with van der Waals surface area (Å²) in [5.74, 6) is 0.138. The number of halogens is 1. The number of hydrogen-bond donors (Lipinski definition) is 1. The van der Waals surface area contributed by atoms with Gasteiger partial charge in [0.1, 0.15) is 5.82 Å². The van der Waals surface area contributed by atoms with Gasteiger partial charge in [-0.25, -0.2) is 4.39 Å². The summed E-state index contributed by atoms with van der Waals surface area (Å²) < 4.78 is 13.3. The molecule has 2 unspecified atom stereocenters. The van der Waals surface area contributed by atoms with Crippen LogP contribution in [0.5, 0.6) is 0 Å². The molecule has 0 aliphatic carbocycles. The smallest absolute Gasteiger partial charge is 0.226 e. The van der Waals surface area contributed by atoms with E-state index in [1.165, 1.54) is 6.07 Å². The maximum atomic E-state index is 13.3. The van der Waals surface area contributed by atoms with Crippen LogP contribution in [0.1, 0.15) is 31.7 Å². The van der Waals surface area contributed by atoms with Gasteiger partial charge in [0, 0.05) is 26.2 Å². The molecule has 2 saturated heterocycles. The quantitative estimate of drug-likeness (QED) is 0.919. The number of benzene rings is 1. The largest absolute Gasteiger partial charge is 0.342 e. The van der Waals surface area contributed by atoms with E-state index in [1.807, 2.05) is 11.0 Å². The molecule has 1 aromatic rings. The summed E-state index contributed by atoms with van der Waals surface area (Å²) in [6.07, 6.45) is 2.97. The van der Waals surface area contributed by atoms with Crippen LogP contribution in [0.15, 0.2) is 24.3 Å². The molecule has 4 nitrogen and oxygen atoms in total. The van der Waals surface area contributed by atoms with Crippen LogP contribution in [0.3, 0.4) is 0 Å². The molecule has 1 amide bonds. The molecule has 2 fully saturated rings. The molecular formula is C19H28FN3O. The number of carbonyl (C=O) groups is 1. The van der Waals surface area contributed by atoms with E-state index in [4.69, 9.17) is 5.73 Å². The standard InChI is InChI=1S/C19H28FN3O/c1-19(13-21)7-9-23(14-19)18(24)16-5-3-8-22(12-16)11-15-4-2-6-17(20)10-15/h2,4,6,10,16H,3,5,7-9,11-14,21H2,1H3. The minimum Gasteiger partial charge on any atom is -0.342 e. The topological polar surface area (TPSA) is 49.6 Å². The van der Waals surface area contributed by atoms with E-state index < -0.39 is 0 Å². The summed E-state index contributed by atoms with van der Waals surface area (Å²) in [7, 11) is 0. The van der Waals surface area contributed by atoms with Gasteiger partial charge >= 0.3 is 0 Å². The molecule has 0 radical (unpaired) electrons. The first-order valence-corrected chi connectivity index (χ1v) is 8.95. The molecule has 1 aromatic carbocycles. The van der Waals surface area contributed by atoms with Crippen molar-refractivity contribution < 1.29 is 9.18 Å². The highest BCUT2D eigenvalue weighted by Gasteiger charge is 2.38. The van der Waals surface area contributed by atoms with E-state index in [1.54, 1.807) is 12.1 Å². The fourth-order valence-electron chi connectivity index (χ4n) is 3.93. The van der Waals surface area contributed by atoms with Crippen molar-refractivity contribution >= 4 is 5.91 Å². The molecule has 2 aliphatic heterocycles. The van der Waals surface area contributed by atoms with E-state index >= 15 is 0 Å². The first-order chi connectivity index (χ1) is 11.5. The lowest BCUT2D eigenvalue weighted by Crippen LogP contribution is -2.44. The van der Waals surface area contributed by atoms with Gasteiger partial charge in [0.15, 0.2) is 0 Å². The van der Waals surface area contributed by atoms with E-state index in [0.717, 1.165) is 51.0 Å². The minimum atomic E-state index is -0.199. The lowest BCUT2D eigenvalue weighted by Gasteiger charge is -2.34. The van der Waals surface area contributed by atoms with Crippen molar-refractivity contribution in [1.29, 1.82) is 0 Å². The number of nitrogens with two attached hydrogens (primary N) is 1. The van der Waals surface area contributed by atoms with Gasteiger partial charge < -0.3 is 10.6 Å². The first kappa shape index (κ1) is 17.4. The molecule has 0 aromatic heterocycles. The van der Waals surface area contributed by atoms with Gasteiger partial charge in [0.2, 0.25) is 5.91 Å². The Morgan fingerprint density at radius 2 is 2.25 bits per heavy atom. The Morgan fingerprint density at radius 3 is 2.96 bits per heavy atom. The summed E-state index contributed by atoms with van der Waals surface area (Å²) in [4.78, 5) is 17.1. The van der Waals surface area contributed by atoms with E-state index in [2.05, 4.69) is 11.8 Å². The van der Waals surface area contributed by atoms with Gasteiger partial charge in [0.25, 0.3) is 0 Å². The highest BCUT2D eigenvalue weighted by atomic mass is 19.1. The van der Waals surface area contributed by atoms with Gasteiger partial charge in [-0.05, 0) is 55.5 Å². The number of carbonyl (C=O) groups excluding carboxylic acids is 1. The van der Waals surface area contributed by atoms with Crippen LogP contribution in [0.4, 0.5) is 4.39 Å². The van der Waals surface area contributed by atoms with Crippen molar-refractivity contribution in [1.82, 2.24) is 9.80 Å². The van der Waals surface area contributed by atoms with Crippen LogP contribution < -0.4 is 5.73 Å². The molecular weight excluding hydrogens is 305 g/mol. The zero-order valence-corrected chi connectivity index (χ0v) is 14.5. The van der Waals surface area contributed by atoms with Crippen LogP contribution in [0, 0.1) is 17.2 Å². The number of amides is 1. The predicted molar refractivity (Wildman–Crippen MR) is 92.8 cm³/mol. The monoisotopic (exact) mass is 333 g/mol. The van der Waals surface area contributed by atoms with Crippen LogP contribution in [0.25, 0.3) is 0 Å². The Morgan fingerprint density at radius 1 is 1.42 bits per heavy atom. The van der Waals surface area contributed by atoms with Crippen LogP contribution in [-0.4, -0.2) is 48.4 Å². The number of piperidine rings is 1. The zero-order valence-electron chi connectivity index (χ0n) is 14.5. The fraction of sp³-hybridized carbons (Fsp3) is 0.632. The third kappa shape index (κ3) is 3.95. The van der Waals surface area contributed by atoms with Crippen molar-refractivity contribution in [3.63, 3.8) is 0 Å². The maximum Gasteiger partial charge on any atom is 0.226 e. The van der Waals surface area contributed by atoms with Crippen LogP contribution in [0.2, 0.25) is 0 Å². The summed E-state index contributed by atoms with van der Waals surface area (Å²) in [5.41, 5.74) is 6.90. The molecule has 132 valence electrons. The van der Waals surface area contributed by atoms with Gasteiger partial charge in [-0.3, -0.25) is 9.69 Å². The van der Waals surface area contributed by atoms with Crippen molar-refractivity contribution in [2.45, 2.75) is 32.7 Å². The molecule has 5 heteroatoms. The summed E-state index contributed by atoms with van der Waals surface area (Å²) >= 11 is 0. The van der Waals surface area contributed by atoms with Gasteiger partial charge in [-0.1, -0.05) is 19.1 Å². The van der Waals surface area contributed by atoms with Crippen molar-refractivity contribution in [3.8, 4) is 0 Å². The average Bonchev–Trinajstić information content (AvgIpc) is 2.98. The summed E-state index contributed by atoms with van der Waals surface area (Å²) in [6, 6.07) is 6.74. The molecule has 24 heavy (non-hydrogen) atoms. The highest BCUT2D eigenvalue weighted by Crippen LogP contribution is 2.31. The van der Waals surface area contributed by atoms with Crippen LogP contribution >= 0.6 is 0 Å². The molecule has 2 atom stereocenters. The van der Waals surface area contributed by atoms with Crippen molar-refractivity contribution in [2.75, 3.05) is 32.7 Å². The van der Waals surface area contributed by atoms with Crippen LogP contribution in [-0.2, 0) is 11.3 Å². The van der Waals surface area contributed by atoms with E-state index in [9.17, 15) is 9.18 Å². The van der Waals surface area contributed by atoms with E-state index in [-0.39, 0.29) is 23.1 Å². The second kappa shape index (κ2) is 7.19. The van der Waals surface area contributed by atoms with Gasteiger partial charge in [0.05, 0.1) is 5.92 Å². The highest BCUT2D eigenvalue weighted by molar-refractivity contribution is 5.79. The first-order valence-electron chi connectivity index (χ1n) is 8.95. The lowest BCUT2D eigenvalue weighted by molar-refractivity contribution is -0.136. The Kier molecular flexibility index (Phi) is 5.21. The second-order valence-electron chi connectivity index (χ2n) is 7.73. The SMILES string of the molecule is CC1(CN)CCN(C(=O)C2CCCN(Cc3cccc(F)c3)C2)C1. The number of nitrogens with zero attached hydrogens (tertiary/aromatic N) is 2. The molecule has 0 bridgehead atoms. The van der Waals surface area contributed by atoms with Crippen molar-refractivity contribution in [2.24, 2.45) is 17.1 Å². The predicted octanol–water partition coefficient (Wildman–Crippen LogP) is 2.24. The second-order valence-corrected chi connectivity index (χ2v) is 7.73. The third-order valence-electron chi connectivity index (χ3n) is 5.51. The molecule has 2 N–H and O–H groups in total. The Hall–Kier alpha value is -1.46. The fourth-order valence-corrected chi connectivity index (χ4v) is 3.93. The molecule has 0 saturated carbocycles. The lowest BCUT2D eigenvalue weighted by atomic mass is 9.90. The summed E-state index contributed by atoms with van der Waals surface area (Å²) in [5, 5.41) is 0. The Bertz CT molecular complexity index is 594. The Labute approximate surface area is 143 Å². The van der Waals surface area contributed by atoms with Gasteiger partial charge in [-0.15, -0.1) is 0 Å². The molecule has 2 aliphatic rings. The number of rotatable bonds is 4. The molecule has 0 spiro atoms. The van der Waals surface area contributed by atoms with Gasteiger partial charge in [-0.2, -0.15) is 0 Å². The molecule has 2 heterocycles. The minimum absolute atomic E-state index is 0.0624. The molecule has 3 rings (SSSR count). The summed E-state index contributed by atoms with van der Waals surface area (Å²) in [6.45, 7) is 6.86. The third-order valence-corrected chi connectivity index (χ3v) is 5.51. The normalized spacial score (nSPS) is 28.3. The zero-order chi connectivity index (χ0) is 17.2.